The molecule has 6 heteroatoms. The molecule has 0 heterocycles. The summed E-state index contributed by atoms with van der Waals surface area (Å²) in [5.41, 5.74) is 0. The summed E-state index contributed by atoms with van der Waals surface area (Å²) in [6.07, 6.45) is 3.90. The van der Waals surface area contributed by atoms with Crippen molar-refractivity contribution in [2.45, 2.75) is 63.0 Å². The van der Waals surface area contributed by atoms with E-state index in [1.54, 1.807) is 26.0 Å². The maximum atomic E-state index is 12.9. The SMILES string of the molecule is CC#CCOc1ccc(S(=O)(=O)[C@@H](CCCCCC)C(=O)OCC)cc1. The van der Waals surface area contributed by atoms with Crippen LogP contribution in [-0.4, -0.2) is 32.9 Å². The van der Waals surface area contributed by atoms with Crippen LogP contribution in [-0.2, 0) is 19.4 Å². The van der Waals surface area contributed by atoms with Gasteiger partial charge in [0.25, 0.3) is 0 Å². The Kier molecular flexibility index (Phi) is 9.82. The molecule has 26 heavy (non-hydrogen) atoms. The van der Waals surface area contributed by atoms with Gasteiger partial charge in [0, 0.05) is 0 Å². The predicted octanol–water partition coefficient (Wildman–Crippen LogP) is 3.76. The summed E-state index contributed by atoms with van der Waals surface area (Å²) in [7, 11) is -3.81. The third kappa shape index (κ3) is 6.72. The van der Waals surface area contributed by atoms with Crippen LogP contribution >= 0.6 is 0 Å². The fraction of sp³-hybridized carbons (Fsp3) is 0.550. The van der Waals surface area contributed by atoms with Crippen LogP contribution in [0.2, 0.25) is 0 Å². The molecule has 1 rings (SSSR count). The zero-order chi connectivity index (χ0) is 19.4. The molecule has 1 atom stereocenters. The number of esters is 1. The van der Waals surface area contributed by atoms with E-state index >= 15 is 0 Å². The highest BCUT2D eigenvalue weighted by molar-refractivity contribution is 7.92. The van der Waals surface area contributed by atoms with Crippen LogP contribution < -0.4 is 4.74 Å². The van der Waals surface area contributed by atoms with Gasteiger partial charge in [0.05, 0.1) is 11.5 Å². The lowest BCUT2D eigenvalue weighted by Gasteiger charge is -2.16. The zero-order valence-corrected chi connectivity index (χ0v) is 16.6. The third-order valence-electron chi connectivity index (χ3n) is 3.88. The number of carbonyl (C=O) groups is 1. The smallest absolute Gasteiger partial charge is 0.324 e. The highest BCUT2D eigenvalue weighted by atomic mass is 32.2. The van der Waals surface area contributed by atoms with Gasteiger partial charge in [-0.15, -0.1) is 5.92 Å². The van der Waals surface area contributed by atoms with E-state index in [-0.39, 0.29) is 24.5 Å². The van der Waals surface area contributed by atoms with Gasteiger partial charge >= 0.3 is 5.97 Å². The fourth-order valence-electron chi connectivity index (χ4n) is 2.47. The molecule has 1 aromatic carbocycles. The van der Waals surface area contributed by atoms with Gasteiger partial charge in [-0.05, 0) is 44.5 Å². The molecule has 0 saturated carbocycles. The van der Waals surface area contributed by atoms with Crippen LogP contribution in [0.5, 0.6) is 5.75 Å². The highest BCUT2D eigenvalue weighted by Gasteiger charge is 2.34. The Morgan fingerprint density at radius 1 is 1.12 bits per heavy atom. The summed E-state index contributed by atoms with van der Waals surface area (Å²) in [6.45, 7) is 5.87. The van der Waals surface area contributed by atoms with Crippen molar-refractivity contribution < 1.29 is 22.7 Å². The molecule has 0 spiro atoms. The molecule has 1 aromatic rings. The van der Waals surface area contributed by atoms with Crippen LogP contribution in [0.4, 0.5) is 0 Å². The van der Waals surface area contributed by atoms with E-state index in [1.165, 1.54) is 12.1 Å². The zero-order valence-electron chi connectivity index (χ0n) is 15.8. The molecule has 0 radical (unpaired) electrons. The van der Waals surface area contributed by atoms with E-state index in [0.29, 0.717) is 12.2 Å². The number of hydrogen-bond donors (Lipinski definition) is 0. The second kappa shape index (κ2) is 11.6. The maximum absolute atomic E-state index is 12.9. The average molecular weight is 381 g/mol. The average Bonchev–Trinajstić information content (AvgIpc) is 2.62. The number of unbranched alkanes of at least 4 members (excludes halogenated alkanes) is 3. The second-order valence-electron chi connectivity index (χ2n) is 5.82. The van der Waals surface area contributed by atoms with Crippen LogP contribution in [0.3, 0.4) is 0 Å². The molecule has 0 N–H and O–H groups in total. The molecule has 0 amide bonds. The van der Waals surface area contributed by atoms with E-state index < -0.39 is 21.1 Å². The molecule has 0 saturated heterocycles. The van der Waals surface area contributed by atoms with Gasteiger partial charge in [0.1, 0.15) is 12.4 Å². The number of carbonyl (C=O) groups excluding carboxylic acids is 1. The Hall–Kier alpha value is -2.00. The summed E-state index contributed by atoms with van der Waals surface area (Å²) in [6, 6.07) is 6.07. The lowest BCUT2D eigenvalue weighted by Crippen LogP contribution is -2.32. The maximum Gasteiger partial charge on any atom is 0.324 e. The first-order chi connectivity index (χ1) is 12.5. The minimum absolute atomic E-state index is 0.0972. The summed E-state index contributed by atoms with van der Waals surface area (Å²) in [5.74, 6) is 5.34. The van der Waals surface area contributed by atoms with E-state index in [4.69, 9.17) is 9.47 Å². The van der Waals surface area contributed by atoms with Crippen molar-refractivity contribution in [2.75, 3.05) is 13.2 Å². The van der Waals surface area contributed by atoms with Crippen molar-refractivity contribution in [3.8, 4) is 17.6 Å². The number of hydrogen-bond acceptors (Lipinski definition) is 5. The highest BCUT2D eigenvalue weighted by Crippen LogP contribution is 2.24. The fourth-order valence-corrected chi connectivity index (χ4v) is 4.12. The number of rotatable bonds is 11. The number of benzene rings is 1. The summed E-state index contributed by atoms with van der Waals surface area (Å²) in [4.78, 5) is 12.3. The van der Waals surface area contributed by atoms with Gasteiger partial charge in [-0.2, -0.15) is 0 Å². The first kappa shape index (κ1) is 22.0. The van der Waals surface area contributed by atoms with E-state index in [9.17, 15) is 13.2 Å². The van der Waals surface area contributed by atoms with Gasteiger partial charge in [0.15, 0.2) is 15.1 Å². The van der Waals surface area contributed by atoms with E-state index in [2.05, 4.69) is 18.8 Å². The van der Waals surface area contributed by atoms with E-state index in [0.717, 1.165) is 19.3 Å². The minimum atomic E-state index is -3.81. The molecule has 0 unspecified atom stereocenters. The molecular formula is C20H28O5S. The normalized spacial score (nSPS) is 12.0. The molecule has 0 fully saturated rings. The molecule has 0 aromatic heterocycles. The second-order valence-corrected chi connectivity index (χ2v) is 7.95. The monoisotopic (exact) mass is 380 g/mol. The van der Waals surface area contributed by atoms with Crippen molar-refractivity contribution in [3.05, 3.63) is 24.3 Å². The Balaban J connectivity index is 2.94. The topological polar surface area (TPSA) is 69.7 Å². The molecular weight excluding hydrogens is 352 g/mol. The van der Waals surface area contributed by atoms with Crippen molar-refractivity contribution in [3.63, 3.8) is 0 Å². The Morgan fingerprint density at radius 2 is 1.81 bits per heavy atom. The molecule has 144 valence electrons. The minimum Gasteiger partial charge on any atom is -0.481 e. The summed E-state index contributed by atoms with van der Waals surface area (Å²) in [5, 5.41) is -1.17. The first-order valence-corrected chi connectivity index (χ1v) is 10.5. The van der Waals surface area contributed by atoms with Gasteiger partial charge in [-0.3, -0.25) is 4.79 Å². The standard InChI is InChI=1S/C20H28O5S/c1-4-7-9-10-11-19(20(21)24-6-3)26(22,23)18-14-12-17(13-15-18)25-16-8-5-2/h12-15,19H,4,6-7,9-11,16H2,1-3H3/t19-/m0/s1. The number of ether oxygens (including phenoxy) is 2. The first-order valence-electron chi connectivity index (χ1n) is 9.00. The van der Waals surface area contributed by atoms with Crippen LogP contribution in [0.1, 0.15) is 52.9 Å². The van der Waals surface area contributed by atoms with Crippen LogP contribution in [0.25, 0.3) is 0 Å². The van der Waals surface area contributed by atoms with Crippen LogP contribution in [0.15, 0.2) is 29.2 Å². The van der Waals surface area contributed by atoms with Crippen LogP contribution in [0, 0.1) is 11.8 Å². The summed E-state index contributed by atoms with van der Waals surface area (Å²) < 4.78 is 36.2. The van der Waals surface area contributed by atoms with Gasteiger partial charge in [0.2, 0.25) is 0 Å². The molecule has 5 nitrogen and oxygen atoms in total. The molecule has 0 aliphatic carbocycles. The van der Waals surface area contributed by atoms with E-state index in [1.807, 2.05) is 0 Å². The number of sulfone groups is 1. The largest absolute Gasteiger partial charge is 0.481 e. The van der Waals surface area contributed by atoms with Gasteiger partial charge in [-0.25, -0.2) is 8.42 Å². The Bertz CT molecular complexity index is 711. The molecule has 0 bridgehead atoms. The predicted molar refractivity (Wildman–Crippen MR) is 102 cm³/mol. The van der Waals surface area contributed by atoms with Crippen molar-refractivity contribution >= 4 is 15.8 Å². The molecule has 0 aliphatic rings. The van der Waals surface area contributed by atoms with Gasteiger partial charge < -0.3 is 9.47 Å². The van der Waals surface area contributed by atoms with Gasteiger partial charge in [-0.1, -0.05) is 38.5 Å². The Labute approximate surface area is 157 Å². The van der Waals surface area contributed by atoms with Crippen molar-refractivity contribution in [1.82, 2.24) is 0 Å². The Morgan fingerprint density at radius 3 is 2.38 bits per heavy atom. The quantitative estimate of drug-likeness (QED) is 0.332. The molecule has 0 aliphatic heterocycles. The summed E-state index contributed by atoms with van der Waals surface area (Å²) >= 11 is 0. The lowest BCUT2D eigenvalue weighted by molar-refractivity contribution is -0.142. The van der Waals surface area contributed by atoms with Crippen molar-refractivity contribution in [1.29, 1.82) is 0 Å². The van der Waals surface area contributed by atoms with Crippen molar-refractivity contribution in [2.24, 2.45) is 0 Å². The third-order valence-corrected chi connectivity index (χ3v) is 5.99. The lowest BCUT2D eigenvalue weighted by atomic mass is 10.1.